The summed E-state index contributed by atoms with van der Waals surface area (Å²) in [6.45, 7) is 0. The van der Waals surface area contributed by atoms with Crippen LogP contribution in [0, 0.1) is 5.82 Å². The Balaban J connectivity index is 1.53. The van der Waals surface area contributed by atoms with E-state index in [1.54, 1.807) is 12.1 Å². The fraction of sp³-hybridized carbons (Fsp3) is 0.0385. The number of aromatic nitrogens is 1. The van der Waals surface area contributed by atoms with Crippen LogP contribution >= 0.6 is 0 Å². The standard InChI is InChI=1S/C26H19FN2O/c27-18-8-5-7-17(15-18)16-25(30)28-23-13-3-1-9-19(23)21-11-6-12-22-20-10-2-4-14-24(20)29-26(21)22/h1-15,29H,16H2,(H,28,30). The molecule has 4 aromatic carbocycles. The Morgan fingerprint density at radius 1 is 0.800 bits per heavy atom. The van der Waals surface area contributed by atoms with Crippen molar-refractivity contribution in [1.82, 2.24) is 4.98 Å². The average molecular weight is 394 g/mol. The highest BCUT2D eigenvalue weighted by atomic mass is 19.1. The van der Waals surface area contributed by atoms with E-state index in [9.17, 15) is 9.18 Å². The van der Waals surface area contributed by atoms with Crippen LogP contribution < -0.4 is 5.32 Å². The first-order valence-corrected chi connectivity index (χ1v) is 9.82. The van der Waals surface area contributed by atoms with Crippen molar-refractivity contribution in [2.24, 2.45) is 0 Å². The van der Waals surface area contributed by atoms with Gasteiger partial charge in [0.1, 0.15) is 5.82 Å². The van der Waals surface area contributed by atoms with Gasteiger partial charge in [-0.25, -0.2) is 4.39 Å². The van der Waals surface area contributed by atoms with Gasteiger partial charge in [-0.2, -0.15) is 0 Å². The van der Waals surface area contributed by atoms with E-state index in [0.29, 0.717) is 5.56 Å². The largest absolute Gasteiger partial charge is 0.354 e. The number of hydrogen-bond donors (Lipinski definition) is 2. The second-order valence-electron chi connectivity index (χ2n) is 7.30. The van der Waals surface area contributed by atoms with Gasteiger partial charge in [0, 0.05) is 33.1 Å². The molecule has 1 amide bonds. The highest BCUT2D eigenvalue weighted by Gasteiger charge is 2.14. The van der Waals surface area contributed by atoms with Gasteiger partial charge in [0.05, 0.1) is 11.9 Å². The molecule has 0 aliphatic rings. The minimum absolute atomic E-state index is 0.114. The molecule has 30 heavy (non-hydrogen) atoms. The Kier molecular flexibility index (Phi) is 4.52. The summed E-state index contributed by atoms with van der Waals surface area (Å²) in [4.78, 5) is 16.2. The lowest BCUT2D eigenvalue weighted by Gasteiger charge is -2.12. The molecular formula is C26H19FN2O. The number of carbonyl (C=O) groups excluding carboxylic acids is 1. The molecule has 1 aromatic heterocycles. The summed E-state index contributed by atoms with van der Waals surface area (Å²) >= 11 is 0. The van der Waals surface area contributed by atoms with Crippen molar-refractivity contribution in [2.75, 3.05) is 5.32 Å². The second kappa shape index (κ2) is 7.48. The topological polar surface area (TPSA) is 44.9 Å². The molecule has 4 heteroatoms. The fourth-order valence-corrected chi connectivity index (χ4v) is 3.95. The molecule has 2 N–H and O–H groups in total. The Labute approximate surface area is 173 Å². The van der Waals surface area contributed by atoms with E-state index in [2.05, 4.69) is 34.6 Å². The van der Waals surface area contributed by atoms with E-state index >= 15 is 0 Å². The molecule has 0 spiro atoms. The lowest BCUT2D eigenvalue weighted by atomic mass is 10.00. The zero-order chi connectivity index (χ0) is 20.5. The van der Waals surface area contributed by atoms with Crippen molar-refractivity contribution >= 4 is 33.4 Å². The molecule has 0 saturated heterocycles. The first-order valence-electron chi connectivity index (χ1n) is 9.82. The quantitative estimate of drug-likeness (QED) is 0.369. The summed E-state index contributed by atoms with van der Waals surface area (Å²) in [6.07, 6.45) is 0.114. The normalized spacial score (nSPS) is 11.1. The highest BCUT2D eigenvalue weighted by molar-refractivity contribution is 6.13. The minimum Gasteiger partial charge on any atom is -0.354 e. The minimum atomic E-state index is -0.341. The van der Waals surface area contributed by atoms with Gasteiger partial charge in [0.2, 0.25) is 5.91 Å². The summed E-state index contributed by atoms with van der Waals surface area (Å²) in [5.41, 5.74) is 5.43. The van der Waals surface area contributed by atoms with Crippen molar-refractivity contribution in [3.8, 4) is 11.1 Å². The zero-order valence-corrected chi connectivity index (χ0v) is 16.2. The van der Waals surface area contributed by atoms with E-state index in [0.717, 1.165) is 33.2 Å². The fourth-order valence-electron chi connectivity index (χ4n) is 3.95. The number of aromatic amines is 1. The first kappa shape index (κ1) is 18.1. The highest BCUT2D eigenvalue weighted by Crippen LogP contribution is 2.36. The summed E-state index contributed by atoms with van der Waals surface area (Å²) in [5.74, 6) is -0.525. The number of anilines is 1. The van der Waals surface area contributed by atoms with Gasteiger partial charge in [-0.1, -0.05) is 66.7 Å². The summed E-state index contributed by atoms with van der Waals surface area (Å²) in [6, 6.07) is 28.2. The maximum atomic E-state index is 13.4. The number of amides is 1. The maximum absolute atomic E-state index is 13.4. The zero-order valence-electron chi connectivity index (χ0n) is 16.2. The van der Waals surface area contributed by atoms with Crippen LogP contribution in [0.4, 0.5) is 10.1 Å². The summed E-state index contributed by atoms with van der Waals surface area (Å²) < 4.78 is 13.4. The lowest BCUT2D eigenvalue weighted by molar-refractivity contribution is -0.115. The third kappa shape index (κ3) is 3.33. The van der Waals surface area contributed by atoms with Gasteiger partial charge >= 0.3 is 0 Å². The second-order valence-corrected chi connectivity index (χ2v) is 7.30. The van der Waals surface area contributed by atoms with E-state index in [-0.39, 0.29) is 18.1 Å². The van der Waals surface area contributed by atoms with Gasteiger partial charge in [0.15, 0.2) is 0 Å². The Hall–Kier alpha value is -3.92. The molecule has 0 bridgehead atoms. The molecule has 0 aliphatic heterocycles. The van der Waals surface area contributed by atoms with E-state index < -0.39 is 0 Å². The van der Waals surface area contributed by atoms with Crippen molar-refractivity contribution in [3.05, 3.63) is 102 Å². The number of benzene rings is 4. The van der Waals surface area contributed by atoms with E-state index in [1.807, 2.05) is 42.5 Å². The molecule has 146 valence electrons. The molecule has 1 heterocycles. The van der Waals surface area contributed by atoms with Crippen LogP contribution in [0.2, 0.25) is 0 Å². The molecule has 5 rings (SSSR count). The van der Waals surface area contributed by atoms with E-state index in [1.165, 1.54) is 17.5 Å². The molecule has 3 nitrogen and oxygen atoms in total. The molecule has 0 fully saturated rings. The van der Waals surface area contributed by atoms with E-state index in [4.69, 9.17) is 0 Å². The molecule has 0 radical (unpaired) electrons. The van der Waals surface area contributed by atoms with Gasteiger partial charge in [-0.05, 0) is 29.8 Å². The summed E-state index contributed by atoms with van der Waals surface area (Å²) in [7, 11) is 0. The van der Waals surface area contributed by atoms with Crippen LogP contribution in [-0.4, -0.2) is 10.9 Å². The molecule has 5 aromatic rings. The van der Waals surface area contributed by atoms with Crippen LogP contribution in [0.25, 0.3) is 32.9 Å². The Bertz CT molecular complexity index is 1390. The number of para-hydroxylation sites is 3. The van der Waals surface area contributed by atoms with Gasteiger partial charge in [-0.15, -0.1) is 0 Å². The van der Waals surface area contributed by atoms with Crippen molar-refractivity contribution in [2.45, 2.75) is 6.42 Å². The third-order valence-corrected chi connectivity index (χ3v) is 5.29. The van der Waals surface area contributed by atoms with Crippen molar-refractivity contribution in [3.63, 3.8) is 0 Å². The van der Waals surface area contributed by atoms with Gasteiger partial charge < -0.3 is 10.3 Å². The molecule has 0 aliphatic carbocycles. The monoisotopic (exact) mass is 394 g/mol. The number of hydrogen-bond acceptors (Lipinski definition) is 1. The first-order chi connectivity index (χ1) is 14.7. The maximum Gasteiger partial charge on any atom is 0.228 e. The smallest absolute Gasteiger partial charge is 0.228 e. The number of H-pyrrole nitrogens is 1. The number of nitrogens with one attached hydrogen (secondary N) is 2. The SMILES string of the molecule is O=C(Cc1cccc(F)c1)Nc1ccccc1-c1cccc2c1[nH]c1ccccc12. The van der Waals surface area contributed by atoms with Crippen LogP contribution in [0.15, 0.2) is 91.0 Å². The number of carbonyl (C=O) groups is 1. The van der Waals surface area contributed by atoms with Crippen LogP contribution in [-0.2, 0) is 11.2 Å². The molecule has 0 saturated carbocycles. The average Bonchev–Trinajstić information content (AvgIpc) is 3.13. The molecule has 0 atom stereocenters. The van der Waals surface area contributed by atoms with Crippen LogP contribution in [0.3, 0.4) is 0 Å². The predicted molar refractivity (Wildman–Crippen MR) is 120 cm³/mol. The number of halogens is 1. The van der Waals surface area contributed by atoms with Gasteiger partial charge in [0.25, 0.3) is 0 Å². The summed E-state index contributed by atoms with van der Waals surface area (Å²) in [5, 5.41) is 5.31. The number of fused-ring (bicyclic) bond motifs is 3. The molecular weight excluding hydrogens is 375 g/mol. The van der Waals surface area contributed by atoms with Crippen LogP contribution in [0.1, 0.15) is 5.56 Å². The number of rotatable bonds is 4. The third-order valence-electron chi connectivity index (χ3n) is 5.29. The van der Waals surface area contributed by atoms with Crippen molar-refractivity contribution < 1.29 is 9.18 Å². The Morgan fingerprint density at radius 3 is 2.43 bits per heavy atom. The van der Waals surface area contributed by atoms with Gasteiger partial charge in [-0.3, -0.25) is 4.79 Å². The van der Waals surface area contributed by atoms with Crippen molar-refractivity contribution in [1.29, 1.82) is 0 Å². The van der Waals surface area contributed by atoms with Crippen LogP contribution in [0.5, 0.6) is 0 Å². The Morgan fingerprint density at radius 2 is 1.53 bits per heavy atom. The lowest BCUT2D eigenvalue weighted by Crippen LogP contribution is -2.15. The predicted octanol–water partition coefficient (Wildman–Crippen LogP) is 6.31. The molecule has 0 unspecified atom stereocenters.